The molecule has 0 aliphatic heterocycles. The van der Waals surface area contributed by atoms with Crippen LogP contribution in [0.15, 0.2) is 91.0 Å². The maximum Gasteiger partial charge on any atom is 0.432 e. The fraction of sp³-hybridized carbons (Fsp3) is 0.135. The molecule has 0 fully saturated rings. The van der Waals surface area contributed by atoms with Crippen LogP contribution in [0.4, 0.5) is 48.3 Å². The van der Waals surface area contributed by atoms with Crippen molar-refractivity contribution >= 4 is 11.6 Å². The van der Waals surface area contributed by atoms with Crippen molar-refractivity contribution in [1.29, 1.82) is 0 Å². The van der Waals surface area contributed by atoms with E-state index in [0.29, 0.717) is 29.3 Å². The number of halogens is 12. The molecule has 0 bridgehead atoms. The van der Waals surface area contributed by atoms with Crippen molar-refractivity contribution in [3.05, 3.63) is 148 Å². The number of benzene rings is 5. The quantitative estimate of drug-likeness (QED) is 0.109. The fourth-order valence-electron chi connectivity index (χ4n) is 5.29. The van der Waals surface area contributed by atoms with E-state index in [2.05, 4.69) is 4.74 Å². The first kappa shape index (κ1) is 36.4. The first-order chi connectivity index (χ1) is 23.5. The highest BCUT2D eigenvalue weighted by Crippen LogP contribution is 2.42. The third kappa shape index (κ3) is 7.65. The van der Waals surface area contributed by atoms with Gasteiger partial charge in [0.05, 0.1) is 5.02 Å². The Morgan fingerprint density at radius 3 is 1.68 bits per heavy atom. The second-order valence-corrected chi connectivity index (χ2v) is 11.4. The van der Waals surface area contributed by atoms with Crippen LogP contribution < -0.4 is 4.74 Å². The Morgan fingerprint density at radius 1 is 0.600 bits per heavy atom. The van der Waals surface area contributed by atoms with Gasteiger partial charge in [-0.25, -0.2) is 26.3 Å². The van der Waals surface area contributed by atoms with Crippen LogP contribution in [-0.2, 0) is 18.7 Å². The Balaban J connectivity index is 1.39. The van der Waals surface area contributed by atoms with Crippen molar-refractivity contribution in [1.82, 2.24) is 0 Å². The monoisotopic (exact) mass is 726 g/mol. The average molecular weight is 727 g/mol. The molecule has 0 aromatic heterocycles. The number of allylic oxidation sites excluding steroid dienone is 2. The lowest BCUT2D eigenvalue weighted by Crippen LogP contribution is -2.25. The third-order valence-electron chi connectivity index (χ3n) is 7.61. The van der Waals surface area contributed by atoms with Crippen molar-refractivity contribution in [3.63, 3.8) is 0 Å². The van der Waals surface area contributed by atoms with Gasteiger partial charge in [0.1, 0.15) is 51.8 Å². The summed E-state index contributed by atoms with van der Waals surface area (Å²) in [5, 5.41) is -0.843. The zero-order chi connectivity index (χ0) is 36.5. The van der Waals surface area contributed by atoms with Gasteiger partial charge in [-0.1, -0.05) is 60.2 Å². The van der Waals surface area contributed by atoms with Crippen molar-refractivity contribution in [2.75, 3.05) is 0 Å². The van der Waals surface area contributed by atoms with Gasteiger partial charge in [0.15, 0.2) is 0 Å². The predicted octanol–water partition coefficient (Wildman–Crippen LogP) is 12.8. The summed E-state index contributed by atoms with van der Waals surface area (Å²) in [4.78, 5) is 0. The number of hydrogen-bond donors (Lipinski definition) is 0. The minimum absolute atomic E-state index is 0.138. The van der Waals surface area contributed by atoms with Crippen LogP contribution in [0.5, 0.6) is 5.75 Å². The first-order valence-corrected chi connectivity index (χ1v) is 15.0. The lowest BCUT2D eigenvalue weighted by atomic mass is 9.97. The van der Waals surface area contributed by atoms with Crippen LogP contribution in [0.25, 0.3) is 33.4 Å². The smallest absolute Gasteiger partial charge is 0.429 e. The standard InChI is InChI=1S/C37H22ClF11O/c1-2-3-4-5-19-6-8-20(9-7-19)21-10-11-25(27(39)12-21)22-13-31(43)35(32(44)14-22)37(48,49)50-24-17-26(38)33(28(40)18-24)23-15-29(41)34(30(42)16-23)36(45,46)47/h2-3,6-18H,4-5H2,1H3/b3-2+. The molecule has 0 heterocycles. The normalized spacial score (nSPS) is 12.2. The average Bonchev–Trinajstić information content (AvgIpc) is 2.99. The molecule has 13 heteroatoms. The van der Waals surface area contributed by atoms with Gasteiger partial charge in [0.25, 0.3) is 0 Å². The van der Waals surface area contributed by atoms with Crippen molar-refractivity contribution in [2.45, 2.75) is 32.1 Å². The van der Waals surface area contributed by atoms with Crippen molar-refractivity contribution in [2.24, 2.45) is 0 Å². The molecule has 0 saturated heterocycles. The van der Waals surface area contributed by atoms with Gasteiger partial charge >= 0.3 is 12.3 Å². The summed E-state index contributed by atoms with van der Waals surface area (Å²) in [6.07, 6.45) is -4.61. The molecule has 0 saturated carbocycles. The second kappa shape index (κ2) is 14.2. The minimum atomic E-state index is -5.42. The zero-order valence-electron chi connectivity index (χ0n) is 25.5. The summed E-state index contributed by atoms with van der Waals surface area (Å²) in [6, 6.07) is 13.1. The number of alkyl halides is 5. The van der Waals surface area contributed by atoms with Gasteiger partial charge in [-0.15, -0.1) is 0 Å². The Hall–Kier alpha value is -4.84. The largest absolute Gasteiger partial charge is 0.432 e. The van der Waals surface area contributed by atoms with Gasteiger partial charge in [-0.2, -0.15) is 22.0 Å². The van der Waals surface area contributed by atoms with Crippen LogP contribution >= 0.6 is 11.6 Å². The SMILES string of the molecule is C/C=C/CCc1ccc(-c2ccc(-c3cc(F)c(C(F)(F)Oc4cc(F)c(-c5cc(F)c(C(F)(F)F)c(F)c5)c(Cl)c4)c(F)c3)c(F)c2)cc1. The highest BCUT2D eigenvalue weighted by atomic mass is 35.5. The van der Waals surface area contributed by atoms with Gasteiger partial charge in [-0.3, -0.25) is 0 Å². The Morgan fingerprint density at radius 2 is 1.14 bits per heavy atom. The summed E-state index contributed by atoms with van der Waals surface area (Å²) in [5.41, 5.74) is -4.39. The van der Waals surface area contributed by atoms with Crippen LogP contribution in [0.3, 0.4) is 0 Å². The molecule has 1 nitrogen and oxygen atoms in total. The minimum Gasteiger partial charge on any atom is -0.429 e. The molecule has 0 aliphatic rings. The molecule has 0 unspecified atom stereocenters. The molecule has 50 heavy (non-hydrogen) atoms. The van der Waals surface area contributed by atoms with Crippen molar-refractivity contribution < 1.29 is 53.0 Å². The molecule has 5 rings (SSSR count). The predicted molar refractivity (Wildman–Crippen MR) is 167 cm³/mol. The zero-order valence-corrected chi connectivity index (χ0v) is 26.3. The maximum atomic E-state index is 15.2. The molecule has 0 N–H and O–H groups in total. The van der Waals surface area contributed by atoms with E-state index in [1.807, 2.05) is 31.2 Å². The van der Waals surface area contributed by atoms with Crippen molar-refractivity contribution in [3.8, 4) is 39.1 Å². The van der Waals surface area contributed by atoms with Crippen LogP contribution in [-0.4, -0.2) is 0 Å². The second-order valence-electron chi connectivity index (χ2n) is 11.0. The summed E-state index contributed by atoms with van der Waals surface area (Å²) in [6.45, 7) is 1.92. The molecule has 0 aliphatic carbocycles. The van der Waals surface area contributed by atoms with E-state index in [0.717, 1.165) is 24.5 Å². The topological polar surface area (TPSA) is 9.23 Å². The Kier molecular flexibility index (Phi) is 10.3. The number of hydrogen-bond acceptors (Lipinski definition) is 1. The highest BCUT2D eigenvalue weighted by Gasteiger charge is 2.42. The molecule has 0 atom stereocenters. The maximum absolute atomic E-state index is 15.2. The number of aryl methyl sites for hydroxylation is 1. The van der Waals surface area contributed by atoms with Crippen LogP contribution in [0.2, 0.25) is 5.02 Å². The van der Waals surface area contributed by atoms with Crippen LogP contribution in [0.1, 0.15) is 30.0 Å². The van der Waals surface area contributed by atoms with Gasteiger partial charge in [-0.05, 0) is 84.0 Å². The molecule has 0 amide bonds. The molecular formula is C37H22ClF11O. The van der Waals surface area contributed by atoms with E-state index in [4.69, 9.17) is 11.6 Å². The summed E-state index contributed by atoms with van der Waals surface area (Å²) in [7, 11) is 0. The fourth-order valence-corrected chi connectivity index (χ4v) is 5.59. The van der Waals surface area contributed by atoms with Gasteiger partial charge in [0, 0.05) is 17.2 Å². The summed E-state index contributed by atoms with van der Waals surface area (Å²) < 4.78 is 162. The molecule has 5 aromatic rings. The van der Waals surface area contributed by atoms with Crippen LogP contribution in [0, 0.1) is 34.9 Å². The third-order valence-corrected chi connectivity index (χ3v) is 7.91. The lowest BCUT2D eigenvalue weighted by molar-refractivity contribution is -0.189. The Bertz CT molecular complexity index is 2020. The van der Waals surface area contributed by atoms with E-state index in [-0.39, 0.29) is 23.8 Å². The molecule has 260 valence electrons. The van der Waals surface area contributed by atoms with E-state index in [1.165, 1.54) is 12.1 Å². The molecule has 5 aromatic carbocycles. The summed E-state index contributed by atoms with van der Waals surface area (Å²) >= 11 is 5.91. The van der Waals surface area contributed by atoms with Gasteiger partial charge in [0.2, 0.25) is 0 Å². The summed E-state index contributed by atoms with van der Waals surface area (Å²) in [5.74, 6) is -11.5. The van der Waals surface area contributed by atoms with Gasteiger partial charge < -0.3 is 4.74 Å². The van der Waals surface area contributed by atoms with E-state index < -0.39 is 85.8 Å². The number of ether oxygens (including phenoxy) is 1. The molecule has 0 radical (unpaired) electrons. The Labute approximate surface area is 283 Å². The molecule has 0 spiro atoms. The van der Waals surface area contributed by atoms with E-state index in [1.54, 1.807) is 12.1 Å². The lowest BCUT2D eigenvalue weighted by Gasteiger charge is -2.21. The molecular weight excluding hydrogens is 705 g/mol. The first-order valence-electron chi connectivity index (χ1n) is 14.6. The highest BCUT2D eigenvalue weighted by molar-refractivity contribution is 6.33. The number of rotatable bonds is 9. The van der Waals surface area contributed by atoms with E-state index >= 15 is 22.0 Å². The van der Waals surface area contributed by atoms with E-state index in [9.17, 15) is 26.3 Å².